The summed E-state index contributed by atoms with van der Waals surface area (Å²) in [7, 11) is 0. The van der Waals surface area contributed by atoms with Crippen LogP contribution in [0.3, 0.4) is 0 Å². The van der Waals surface area contributed by atoms with E-state index < -0.39 is 16.5 Å². The summed E-state index contributed by atoms with van der Waals surface area (Å²) in [5.41, 5.74) is 2.37. The standard InChI is InChI=1S/2C6H5.C5H7N2.Ga/c2*1-2-4-6-5-3-1;1-4-3-5(2)7-6-4;/h2*1-5H;3H,1-2H3;/q;;-1;+1. The van der Waals surface area contributed by atoms with Crippen LogP contribution in [0.25, 0.3) is 0 Å². The predicted octanol–water partition coefficient (Wildman–Crippen LogP) is 2.15. The van der Waals surface area contributed by atoms with E-state index >= 15 is 0 Å². The van der Waals surface area contributed by atoms with Crippen molar-refractivity contribution in [1.29, 1.82) is 0 Å². The summed E-state index contributed by atoms with van der Waals surface area (Å²) in [6, 6.07) is 23.8. The van der Waals surface area contributed by atoms with Crippen LogP contribution >= 0.6 is 0 Å². The summed E-state index contributed by atoms with van der Waals surface area (Å²) in [5.74, 6) is 0. The molecule has 0 saturated heterocycles. The molecule has 0 aliphatic rings. The summed E-state index contributed by atoms with van der Waals surface area (Å²) in [5, 5.41) is 4.76. The molecule has 3 heteroatoms. The van der Waals surface area contributed by atoms with Crippen LogP contribution in [0.15, 0.2) is 66.7 Å². The summed E-state index contributed by atoms with van der Waals surface area (Å²) in [4.78, 5) is 0. The van der Waals surface area contributed by atoms with Gasteiger partial charge in [0.1, 0.15) is 0 Å². The Morgan fingerprint density at radius 1 is 0.800 bits per heavy atom. The predicted molar refractivity (Wildman–Crippen MR) is 85.0 cm³/mol. The first kappa shape index (κ1) is 13.3. The Balaban J connectivity index is 2.16. The second kappa shape index (κ2) is 5.73. The van der Waals surface area contributed by atoms with Crippen LogP contribution in [0.1, 0.15) is 11.4 Å². The summed E-state index contributed by atoms with van der Waals surface area (Å²) >= 11 is -2.10. The maximum atomic E-state index is 4.76. The molecule has 2 aromatic carbocycles. The van der Waals surface area contributed by atoms with E-state index in [0.717, 1.165) is 5.69 Å². The van der Waals surface area contributed by atoms with E-state index in [1.165, 1.54) is 13.9 Å². The number of hydrogen-bond donors (Lipinski definition) is 0. The second-order valence-electron chi connectivity index (χ2n) is 5.10. The molecule has 0 unspecified atom stereocenters. The molecule has 0 spiro atoms. The van der Waals surface area contributed by atoms with Gasteiger partial charge in [0.2, 0.25) is 0 Å². The Morgan fingerprint density at radius 3 is 1.70 bits per heavy atom. The van der Waals surface area contributed by atoms with Crippen molar-refractivity contribution >= 4 is 24.7 Å². The summed E-state index contributed by atoms with van der Waals surface area (Å²) < 4.78 is 5.18. The Hall–Kier alpha value is -1.71. The number of hydrogen-bond acceptors (Lipinski definition) is 1. The van der Waals surface area contributed by atoms with E-state index in [2.05, 4.69) is 84.0 Å². The van der Waals surface area contributed by atoms with E-state index in [-0.39, 0.29) is 0 Å². The maximum absolute atomic E-state index is 4.76. The van der Waals surface area contributed by atoms with Crippen molar-refractivity contribution < 1.29 is 0 Å². The Morgan fingerprint density at radius 2 is 1.30 bits per heavy atom. The monoisotopic (exact) mass is 318 g/mol. The molecular weight excluding hydrogens is 302 g/mol. The average molecular weight is 319 g/mol. The van der Waals surface area contributed by atoms with Gasteiger partial charge in [-0.15, -0.1) is 0 Å². The van der Waals surface area contributed by atoms with Crippen LogP contribution in [0.5, 0.6) is 0 Å². The molecule has 1 aromatic heterocycles. The van der Waals surface area contributed by atoms with Crippen LogP contribution in [0.2, 0.25) is 0 Å². The van der Waals surface area contributed by atoms with Gasteiger partial charge in [0.25, 0.3) is 0 Å². The normalized spacial score (nSPS) is 10.5. The molecule has 0 N–H and O–H groups in total. The number of rotatable bonds is 3. The van der Waals surface area contributed by atoms with Crippen LogP contribution in [0, 0.1) is 13.8 Å². The zero-order valence-electron chi connectivity index (χ0n) is 11.8. The zero-order chi connectivity index (χ0) is 13.9. The van der Waals surface area contributed by atoms with Gasteiger partial charge >= 0.3 is 125 Å². The topological polar surface area (TPSA) is 17.8 Å². The molecule has 0 atom stereocenters. The van der Waals surface area contributed by atoms with E-state index in [1.54, 1.807) is 0 Å². The van der Waals surface area contributed by atoms with Crippen LogP contribution < -0.4 is 8.24 Å². The molecule has 0 saturated carbocycles. The van der Waals surface area contributed by atoms with Crippen LogP contribution in [-0.4, -0.2) is 24.9 Å². The van der Waals surface area contributed by atoms with Crippen molar-refractivity contribution in [3.05, 3.63) is 78.1 Å². The van der Waals surface area contributed by atoms with Gasteiger partial charge in [-0.2, -0.15) is 0 Å². The minimum absolute atomic E-state index is 1.10. The second-order valence-corrected chi connectivity index (χ2v) is 10.6. The molecule has 0 aliphatic carbocycles. The molecule has 0 bridgehead atoms. The van der Waals surface area contributed by atoms with Crippen molar-refractivity contribution in [1.82, 2.24) is 8.49 Å². The Kier molecular flexibility index (Phi) is 3.80. The van der Waals surface area contributed by atoms with Gasteiger partial charge in [0.05, 0.1) is 0 Å². The molecule has 0 radical (unpaired) electrons. The van der Waals surface area contributed by atoms with Gasteiger partial charge in [0.15, 0.2) is 0 Å². The SMILES string of the molecule is Cc1cc(C)[n]([Ga]([c]2ccccc2)[c]2ccccc2)n1. The fraction of sp³-hybridized carbons (Fsp3) is 0.118. The number of nitrogens with zero attached hydrogens (tertiary/aromatic N) is 2. The molecule has 0 fully saturated rings. The molecule has 98 valence electrons. The average Bonchev–Trinajstić information content (AvgIpc) is 2.80. The van der Waals surface area contributed by atoms with Crippen molar-refractivity contribution in [3.63, 3.8) is 0 Å². The first-order valence-corrected chi connectivity index (χ1v) is 10.4. The quantitative estimate of drug-likeness (QED) is 0.677. The minimum atomic E-state index is -2.10. The number of aryl methyl sites for hydroxylation is 2. The third kappa shape index (κ3) is 2.60. The third-order valence-electron chi connectivity index (χ3n) is 3.52. The first-order chi connectivity index (χ1) is 9.75. The van der Waals surface area contributed by atoms with Crippen molar-refractivity contribution in [3.8, 4) is 0 Å². The summed E-state index contributed by atoms with van der Waals surface area (Å²) in [6.45, 7) is 4.23. The molecule has 3 rings (SSSR count). The Bertz CT molecular complexity index is 650. The van der Waals surface area contributed by atoms with Crippen molar-refractivity contribution in [2.24, 2.45) is 0 Å². The molecule has 20 heavy (non-hydrogen) atoms. The Labute approximate surface area is 125 Å². The fourth-order valence-electron chi connectivity index (χ4n) is 2.65. The van der Waals surface area contributed by atoms with Crippen molar-refractivity contribution in [2.75, 3.05) is 0 Å². The van der Waals surface area contributed by atoms with Gasteiger partial charge in [-0.3, -0.25) is 0 Å². The fourth-order valence-corrected chi connectivity index (χ4v) is 8.74. The van der Waals surface area contributed by atoms with Gasteiger partial charge in [0, 0.05) is 0 Å². The molecule has 1 heterocycles. The molecule has 0 amide bonds. The van der Waals surface area contributed by atoms with Gasteiger partial charge < -0.3 is 0 Å². The zero-order valence-corrected chi connectivity index (χ0v) is 14.2. The number of benzene rings is 2. The van der Waals surface area contributed by atoms with E-state index in [1.807, 2.05) is 0 Å². The van der Waals surface area contributed by atoms with E-state index in [0.29, 0.717) is 0 Å². The van der Waals surface area contributed by atoms with Crippen molar-refractivity contribution in [2.45, 2.75) is 13.8 Å². The van der Waals surface area contributed by atoms with Gasteiger partial charge in [-0.25, -0.2) is 0 Å². The molecular formula is C17H17GaN2. The summed E-state index contributed by atoms with van der Waals surface area (Å²) in [6.07, 6.45) is 0. The first-order valence-electron chi connectivity index (χ1n) is 6.88. The molecule has 0 aliphatic heterocycles. The van der Waals surface area contributed by atoms with Crippen LogP contribution in [0.4, 0.5) is 0 Å². The van der Waals surface area contributed by atoms with Gasteiger partial charge in [-0.1, -0.05) is 0 Å². The number of aromatic nitrogens is 2. The van der Waals surface area contributed by atoms with Gasteiger partial charge in [-0.05, 0) is 0 Å². The van der Waals surface area contributed by atoms with E-state index in [4.69, 9.17) is 5.10 Å². The molecule has 3 aromatic rings. The third-order valence-corrected chi connectivity index (χ3v) is 9.91. The molecule has 2 nitrogen and oxygen atoms in total. The van der Waals surface area contributed by atoms with E-state index in [9.17, 15) is 0 Å². The van der Waals surface area contributed by atoms with Crippen LogP contribution in [-0.2, 0) is 0 Å².